The van der Waals surface area contributed by atoms with E-state index in [1.807, 2.05) is 7.05 Å². The van der Waals surface area contributed by atoms with Gasteiger partial charge in [-0.3, -0.25) is 4.79 Å². The predicted octanol–water partition coefficient (Wildman–Crippen LogP) is 1.09. The van der Waals surface area contributed by atoms with Crippen LogP contribution in [0.15, 0.2) is 15.5 Å². The first kappa shape index (κ1) is 16.5. The fourth-order valence-corrected chi connectivity index (χ4v) is 3.00. The van der Waals surface area contributed by atoms with Crippen LogP contribution >= 0.6 is 15.9 Å². The minimum atomic E-state index is -0.0714. The molecule has 1 saturated heterocycles. The number of halogens is 1. The Morgan fingerprint density at radius 2 is 2.33 bits per heavy atom. The van der Waals surface area contributed by atoms with Crippen LogP contribution < -0.4 is 15.8 Å². The zero-order chi connectivity index (χ0) is 15.4. The Morgan fingerprint density at radius 3 is 3.00 bits per heavy atom. The van der Waals surface area contributed by atoms with Gasteiger partial charge in [0.1, 0.15) is 4.47 Å². The maximum absolute atomic E-state index is 12.4. The van der Waals surface area contributed by atoms with Gasteiger partial charge in [-0.15, -0.1) is 0 Å². The van der Waals surface area contributed by atoms with Crippen molar-refractivity contribution in [2.75, 3.05) is 38.2 Å². The van der Waals surface area contributed by atoms with Crippen LogP contribution in [-0.4, -0.2) is 49.2 Å². The standard InChI is InChI=1S/C14H23BrN4O2/c1-10(2)8-19-14(20)13(15)12(7-17-19)18-4-5-21-11(9-18)6-16-3/h7,10-11,16H,4-6,8-9H2,1-3H3. The SMILES string of the molecule is CNCC1CN(c2cnn(CC(C)C)c(=O)c2Br)CCO1. The third-order valence-corrected chi connectivity index (χ3v) is 4.16. The van der Waals surface area contributed by atoms with Gasteiger partial charge in [-0.1, -0.05) is 13.8 Å². The first-order valence-corrected chi connectivity index (χ1v) is 8.09. The fourth-order valence-electron chi connectivity index (χ4n) is 2.44. The van der Waals surface area contributed by atoms with E-state index in [0.29, 0.717) is 23.5 Å². The molecule has 1 aliphatic rings. The highest BCUT2D eigenvalue weighted by molar-refractivity contribution is 9.10. The Kier molecular flexibility index (Phi) is 5.78. The summed E-state index contributed by atoms with van der Waals surface area (Å²) in [5.74, 6) is 0.386. The Balaban J connectivity index is 2.20. The van der Waals surface area contributed by atoms with Gasteiger partial charge >= 0.3 is 0 Å². The highest BCUT2D eigenvalue weighted by Crippen LogP contribution is 2.23. The van der Waals surface area contributed by atoms with Gasteiger partial charge in [-0.2, -0.15) is 5.10 Å². The molecule has 0 bridgehead atoms. The summed E-state index contributed by atoms with van der Waals surface area (Å²) >= 11 is 3.44. The van der Waals surface area contributed by atoms with Crippen molar-refractivity contribution >= 4 is 21.6 Å². The maximum atomic E-state index is 12.4. The van der Waals surface area contributed by atoms with Gasteiger partial charge in [-0.25, -0.2) is 4.68 Å². The molecule has 1 fully saturated rings. The van der Waals surface area contributed by atoms with Crippen molar-refractivity contribution in [2.24, 2.45) is 5.92 Å². The number of likely N-dealkylation sites (N-methyl/N-ethyl adjacent to an activating group) is 1. The lowest BCUT2D eigenvalue weighted by Crippen LogP contribution is -2.47. The Bertz CT molecular complexity index is 530. The number of anilines is 1. The van der Waals surface area contributed by atoms with E-state index >= 15 is 0 Å². The lowest BCUT2D eigenvalue weighted by Gasteiger charge is -2.34. The average Bonchev–Trinajstić information content (AvgIpc) is 2.44. The summed E-state index contributed by atoms with van der Waals surface area (Å²) in [6.45, 7) is 7.76. The molecule has 2 rings (SSSR count). The second-order valence-corrected chi connectivity index (χ2v) is 6.51. The summed E-state index contributed by atoms with van der Waals surface area (Å²) in [5.41, 5.74) is 0.780. The molecule has 0 radical (unpaired) electrons. The number of hydrogen-bond acceptors (Lipinski definition) is 5. The number of nitrogens with one attached hydrogen (secondary N) is 1. The summed E-state index contributed by atoms with van der Waals surface area (Å²) in [6.07, 6.45) is 1.91. The topological polar surface area (TPSA) is 59.4 Å². The smallest absolute Gasteiger partial charge is 0.283 e. The fraction of sp³-hybridized carbons (Fsp3) is 0.714. The van der Waals surface area contributed by atoms with Crippen LogP contribution in [0.1, 0.15) is 13.8 Å². The first-order valence-electron chi connectivity index (χ1n) is 7.29. The van der Waals surface area contributed by atoms with Crippen LogP contribution in [-0.2, 0) is 11.3 Å². The van der Waals surface area contributed by atoms with Crippen molar-refractivity contribution in [3.05, 3.63) is 21.0 Å². The van der Waals surface area contributed by atoms with E-state index in [1.54, 1.807) is 6.20 Å². The molecule has 6 nitrogen and oxygen atoms in total. The molecule has 1 aromatic heterocycles. The van der Waals surface area contributed by atoms with E-state index in [4.69, 9.17) is 4.74 Å². The molecule has 0 aromatic carbocycles. The summed E-state index contributed by atoms with van der Waals surface area (Å²) in [5, 5.41) is 7.42. The minimum Gasteiger partial charge on any atom is -0.373 e. The molecule has 1 atom stereocenters. The van der Waals surface area contributed by atoms with Crippen LogP contribution in [0.4, 0.5) is 5.69 Å². The summed E-state index contributed by atoms with van der Waals surface area (Å²) < 4.78 is 7.80. The Labute approximate surface area is 133 Å². The third-order valence-electron chi connectivity index (χ3n) is 3.42. The quantitative estimate of drug-likeness (QED) is 0.853. The third kappa shape index (κ3) is 4.05. The van der Waals surface area contributed by atoms with Gasteiger partial charge in [0, 0.05) is 26.2 Å². The van der Waals surface area contributed by atoms with E-state index < -0.39 is 0 Å². The van der Waals surface area contributed by atoms with Crippen molar-refractivity contribution in [1.29, 1.82) is 0 Å². The monoisotopic (exact) mass is 358 g/mol. The molecule has 118 valence electrons. The average molecular weight is 359 g/mol. The van der Waals surface area contributed by atoms with Gasteiger partial charge in [0.2, 0.25) is 0 Å². The lowest BCUT2D eigenvalue weighted by molar-refractivity contribution is 0.0421. The zero-order valence-electron chi connectivity index (χ0n) is 12.8. The molecule has 21 heavy (non-hydrogen) atoms. The number of morpholine rings is 1. The summed E-state index contributed by atoms with van der Waals surface area (Å²) in [7, 11) is 1.91. The second kappa shape index (κ2) is 7.38. The van der Waals surface area contributed by atoms with Crippen molar-refractivity contribution in [1.82, 2.24) is 15.1 Å². The molecule has 7 heteroatoms. The highest BCUT2D eigenvalue weighted by Gasteiger charge is 2.23. The van der Waals surface area contributed by atoms with Crippen LogP contribution in [0, 0.1) is 5.92 Å². The second-order valence-electron chi connectivity index (χ2n) is 5.72. The predicted molar refractivity (Wildman–Crippen MR) is 86.9 cm³/mol. The van der Waals surface area contributed by atoms with Gasteiger partial charge in [0.15, 0.2) is 0 Å². The van der Waals surface area contributed by atoms with E-state index in [2.05, 4.69) is 45.1 Å². The molecule has 1 aromatic rings. The molecular weight excluding hydrogens is 336 g/mol. The van der Waals surface area contributed by atoms with E-state index in [0.717, 1.165) is 25.3 Å². The molecule has 0 spiro atoms. The van der Waals surface area contributed by atoms with Crippen molar-refractivity contribution in [2.45, 2.75) is 26.5 Å². The molecule has 0 amide bonds. The molecule has 1 N–H and O–H groups in total. The maximum Gasteiger partial charge on any atom is 0.283 e. The van der Waals surface area contributed by atoms with Crippen LogP contribution in [0.25, 0.3) is 0 Å². The van der Waals surface area contributed by atoms with E-state index in [-0.39, 0.29) is 11.7 Å². The molecule has 0 saturated carbocycles. The normalized spacial score (nSPS) is 19.3. The number of ether oxygens (including phenoxy) is 1. The van der Waals surface area contributed by atoms with Crippen molar-refractivity contribution in [3.63, 3.8) is 0 Å². The Morgan fingerprint density at radius 1 is 1.57 bits per heavy atom. The van der Waals surface area contributed by atoms with E-state index in [1.165, 1.54) is 4.68 Å². The van der Waals surface area contributed by atoms with E-state index in [9.17, 15) is 4.79 Å². The first-order chi connectivity index (χ1) is 10.0. The largest absolute Gasteiger partial charge is 0.373 e. The number of hydrogen-bond donors (Lipinski definition) is 1. The minimum absolute atomic E-state index is 0.0714. The zero-order valence-corrected chi connectivity index (χ0v) is 14.4. The number of rotatable bonds is 5. The van der Waals surface area contributed by atoms with Gasteiger partial charge in [0.25, 0.3) is 5.56 Å². The summed E-state index contributed by atoms with van der Waals surface area (Å²) in [6, 6.07) is 0. The molecule has 2 heterocycles. The Hall–Kier alpha value is -0.920. The van der Waals surface area contributed by atoms with Gasteiger partial charge in [0.05, 0.1) is 24.6 Å². The van der Waals surface area contributed by atoms with Gasteiger partial charge in [-0.05, 0) is 28.9 Å². The van der Waals surface area contributed by atoms with Crippen LogP contribution in [0.2, 0.25) is 0 Å². The van der Waals surface area contributed by atoms with Crippen molar-refractivity contribution in [3.8, 4) is 0 Å². The lowest BCUT2D eigenvalue weighted by atomic mass is 10.2. The molecule has 1 aliphatic heterocycles. The van der Waals surface area contributed by atoms with Crippen LogP contribution in [0.5, 0.6) is 0 Å². The van der Waals surface area contributed by atoms with Crippen LogP contribution in [0.3, 0.4) is 0 Å². The number of aromatic nitrogens is 2. The van der Waals surface area contributed by atoms with Crippen molar-refractivity contribution < 1.29 is 4.74 Å². The number of nitrogens with zero attached hydrogens (tertiary/aromatic N) is 3. The molecular formula is C14H23BrN4O2. The van der Waals surface area contributed by atoms with Gasteiger partial charge < -0.3 is 15.0 Å². The molecule has 0 aliphatic carbocycles. The summed E-state index contributed by atoms with van der Waals surface area (Å²) in [4.78, 5) is 14.5. The highest BCUT2D eigenvalue weighted by atomic mass is 79.9. The molecule has 1 unspecified atom stereocenters.